The molecule has 0 saturated heterocycles. The summed E-state index contributed by atoms with van der Waals surface area (Å²) in [4.78, 5) is 6.96. The first kappa shape index (κ1) is 7.03. The zero-order valence-corrected chi connectivity index (χ0v) is 6.29. The third-order valence-corrected chi connectivity index (χ3v) is 1.60. The number of pyridine rings is 1. The summed E-state index contributed by atoms with van der Waals surface area (Å²) in [5, 5.41) is 0. The standard InChI is InChI=1S/C9H7FN2/c10-7-3-5-12-9(6-7)8-2-1-4-11-8/h1-6,11H. The Morgan fingerprint density at radius 2 is 2.25 bits per heavy atom. The third-order valence-electron chi connectivity index (χ3n) is 1.60. The molecule has 3 heteroatoms. The molecular weight excluding hydrogens is 155 g/mol. The lowest BCUT2D eigenvalue weighted by atomic mass is 10.3. The van der Waals surface area contributed by atoms with Gasteiger partial charge < -0.3 is 4.98 Å². The number of halogens is 1. The zero-order valence-electron chi connectivity index (χ0n) is 6.29. The van der Waals surface area contributed by atoms with Crippen molar-refractivity contribution in [3.05, 3.63) is 42.5 Å². The highest BCUT2D eigenvalue weighted by Crippen LogP contribution is 2.13. The Morgan fingerprint density at radius 3 is 2.92 bits per heavy atom. The van der Waals surface area contributed by atoms with Gasteiger partial charge in [0.15, 0.2) is 0 Å². The van der Waals surface area contributed by atoms with Crippen molar-refractivity contribution in [3.63, 3.8) is 0 Å². The Balaban J connectivity index is 2.48. The van der Waals surface area contributed by atoms with E-state index >= 15 is 0 Å². The van der Waals surface area contributed by atoms with Crippen LogP contribution in [0, 0.1) is 5.82 Å². The van der Waals surface area contributed by atoms with E-state index in [1.165, 1.54) is 18.3 Å². The lowest BCUT2D eigenvalue weighted by Gasteiger charge is -1.95. The van der Waals surface area contributed by atoms with Crippen molar-refractivity contribution < 1.29 is 4.39 Å². The molecule has 2 aromatic heterocycles. The molecule has 0 aliphatic carbocycles. The second kappa shape index (κ2) is 2.77. The van der Waals surface area contributed by atoms with Crippen molar-refractivity contribution in [3.8, 4) is 11.4 Å². The molecule has 2 aromatic rings. The number of aromatic amines is 1. The Morgan fingerprint density at radius 1 is 1.33 bits per heavy atom. The summed E-state index contributed by atoms with van der Waals surface area (Å²) in [6.45, 7) is 0. The molecule has 60 valence electrons. The van der Waals surface area contributed by atoms with Gasteiger partial charge in [-0.05, 0) is 18.2 Å². The van der Waals surface area contributed by atoms with Crippen molar-refractivity contribution in [1.29, 1.82) is 0 Å². The molecule has 0 bridgehead atoms. The maximum atomic E-state index is 12.7. The minimum atomic E-state index is -0.269. The van der Waals surface area contributed by atoms with Gasteiger partial charge in [0.25, 0.3) is 0 Å². The number of nitrogens with zero attached hydrogens (tertiary/aromatic N) is 1. The number of nitrogens with one attached hydrogen (secondary N) is 1. The zero-order chi connectivity index (χ0) is 8.39. The molecule has 0 aromatic carbocycles. The monoisotopic (exact) mass is 162 g/mol. The van der Waals surface area contributed by atoms with Gasteiger partial charge in [0.05, 0.1) is 11.4 Å². The van der Waals surface area contributed by atoms with E-state index in [0.29, 0.717) is 5.69 Å². The molecule has 12 heavy (non-hydrogen) atoms. The summed E-state index contributed by atoms with van der Waals surface area (Å²) in [6, 6.07) is 6.42. The molecule has 0 spiro atoms. The fraction of sp³-hybridized carbons (Fsp3) is 0. The number of rotatable bonds is 1. The van der Waals surface area contributed by atoms with Gasteiger partial charge in [-0.3, -0.25) is 4.98 Å². The number of aromatic nitrogens is 2. The van der Waals surface area contributed by atoms with Gasteiger partial charge in [0.1, 0.15) is 5.82 Å². The van der Waals surface area contributed by atoms with Crippen LogP contribution in [0.4, 0.5) is 4.39 Å². The minimum Gasteiger partial charge on any atom is -0.360 e. The fourth-order valence-electron chi connectivity index (χ4n) is 1.04. The van der Waals surface area contributed by atoms with Gasteiger partial charge in [0.2, 0.25) is 0 Å². The first-order valence-corrected chi connectivity index (χ1v) is 3.61. The summed E-state index contributed by atoms with van der Waals surface area (Å²) in [7, 11) is 0. The van der Waals surface area contributed by atoms with Gasteiger partial charge >= 0.3 is 0 Å². The molecule has 1 N–H and O–H groups in total. The summed E-state index contributed by atoms with van der Waals surface area (Å²) in [5.74, 6) is -0.269. The second-order valence-corrected chi connectivity index (χ2v) is 2.44. The third kappa shape index (κ3) is 1.21. The number of hydrogen-bond acceptors (Lipinski definition) is 1. The lowest BCUT2D eigenvalue weighted by molar-refractivity contribution is 0.626. The van der Waals surface area contributed by atoms with Gasteiger partial charge in [-0.25, -0.2) is 4.39 Å². The van der Waals surface area contributed by atoms with Gasteiger partial charge in [0, 0.05) is 18.5 Å². The topological polar surface area (TPSA) is 28.7 Å². The van der Waals surface area contributed by atoms with Gasteiger partial charge in [-0.2, -0.15) is 0 Å². The molecule has 0 saturated carbocycles. The van der Waals surface area contributed by atoms with Crippen LogP contribution in [0.5, 0.6) is 0 Å². The molecule has 0 radical (unpaired) electrons. The molecule has 0 amide bonds. The predicted molar refractivity (Wildman–Crippen MR) is 44.0 cm³/mol. The van der Waals surface area contributed by atoms with E-state index in [9.17, 15) is 4.39 Å². The molecule has 0 aliphatic heterocycles. The molecule has 0 fully saturated rings. The van der Waals surface area contributed by atoms with E-state index in [-0.39, 0.29) is 5.82 Å². The largest absolute Gasteiger partial charge is 0.360 e. The maximum Gasteiger partial charge on any atom is 0.126 e. The Hall–Kier alpha value is -1.64. The van der Waals surface area contributed by atoms with Crippen LogP contribution >= 0.6 is 0 Å². The van der Waals surface area contributed by atoms with Crippen LogP contribution in [-0.2, 0) is 0 Å². The SMILES string of the molecule is Fc1ccnc(-c2ccc[nH]2)c1. The van der Waals surface area contributed by atoms with Crippen LogP contribution in [0.15, 0.2) is 36.7 Å². The second-order valence-electron chi connectivity index (χ2n) is 2.44. The first-order chi connectivity index (χ1) is 5.86. The van der Waals surface area contributed by atoms with Crippen molar-refractivity contribution in [2.45, 2.75) is 0 Å². The van der Waals surface area contributed by atoms with Crippen molar-refractivity contribution in [1.82, 2.24) is 9.97 Å². The fourth-order valence-corrected chi connectivity index (χ4v) is 1.04. The van der Waals surface area contributed by atoms with Gasteiger partial charge in [-0.15, -0.1) is 0 Å². The molecule has 0 atom stereocenters. The maximum absolute atomic E-state index is 12.7. The Kier molecular flexibility index (Phi) is 1.63. The summed E-state index contributed by atoms with van der Waals surface area (Å²) >= 11 is 0. The van der Waals surface area contributed by atoms with Crippen LogP contribution in [0.2, 0.25) is 0 Å². The molecule has 2 rings (SSSR count). The average molecular weight is 162 g/mol. The number of hydrogen-bond donors (Lipinski definition) is 1. The molecular formula is C9H7FN2. The Labute approximate surface area is 69.1 Å². The van der Waals surface area contributed by atoms with Crippen LogP contribution in [-0.4, -0.2) is 9.97 Å². The van der Waals surface area contributed by atoms with Crippen molar-refractivity contribution in [2.24, 2.45) is 0 Å². The molecule has 0 aliphatic rings. The molecule has 2 heterocycles. The van der Waals surface area contributed by atoms with Crippen molar-refractivity contribution >= 4 is 0 Å². The van der Waals surface area contributed by atoms with E-state index in [1.54, 1.807) is 6.20 Å². The lowest BCUT2D eigenvalue weighted by Crippen LogP contribution is -1.83. The van der Waals surface area contributed by atoms with Crippen molar-refractivity contribution in [2.75, 3.05) is 0 Å². The van der Waals surface area contributed by atoms with E-state index in [1.807, 2.05) is 12.1 Å². The van der Waals surface area contributed by atoms with Crippen LogP contribution < -0.4 is 0 Å². The van der Waals surface area contributed by atoms with Crippen LogP contribution in [0.3, 0.4) is 0 Å². The minimum absolute atomic E-state index is 0.269. The van der Waals surface area contributed by atoms with Gasteiger partial charge in [-0.1, -0.05) is 0 Å². The quantitative estimate of drug-likeness (QED) is 0.684. The normalized spacial score (nSPS) is 10.1. The molecule has 0 unspecified atom stereocenters. The first-order valence-electron chi connectivity index (χ1n) is 3.61. The molecule has 2 nitrogen and oxygen atoms in total. The van der Waals surface area contributed by atoms with E-state index < -0.39 is 0 Å². The summed E-state index contributed by atoms with van der Waals surface area (Å²) in [5.41, 5.74) is 1.45. The predicted octanol–water partition coefficient (Wildman–Crippen LogP) is 2.22. The van der Waals surface area contributed by atoms with E-state index in [2.05, 4.69) is 9.97 Å². The smallest absolute Gasteiger partial charge is 0.126 e. The van der Waals surface area contributed by atoms with E-state index in [0.717, 1.165) is 5.69 Å². The van der Waals surface area contributed by atoms with E-state index in [4.69, 9.17) is 0 Å². The van der Waals surface area contributed by atoms with Crippen LogP contribution in [0.1, 0.15) is 0 Å². The Bertz CT molecular complexity index is 368. The highest BCUT2D eigenvalue weighted by atomic mass is 19.1. The summed E-state index contributed by atoms with van der Waals surface area (Å²) < 4.78 is 12.7. The number of H-pyrrole nitrogens is 1. The highest BCUT2D eigenvalue weighted by Gasteiger charge is 1.99. The summed E-state index contributed by atoms with van der Waals surface area (Å²) in [6.07, 6.45) is 3.23. The highest BCUT2D eigenvalue weighted by molar-refractivity contribution is 5.53. The average Bonchev–Trinajstić information content (AvgIpc) is 2.56. The van der Waals surface area contributed by atoms with Crippen LogP contribution in [0.25, 0.3) is 11.4 Å².